The number of carbonyl (C=O) groups is 1. The molecule has 2 rings (SSSR count). The molecular formula is C14H16N2O2. The lowest BCUT2D eigenvalue weighted by Crippen LogP contribution is -2.35. The first-order valence-electron chi connectivity index (χ1n) is 5.92. The normalized spacial score (nSPS) is 10.8. The van der Waals surface area contributed by atoms with Gasteiger partial charge in [-0.15, -0.1) is 0 Å². The minimum atomic E-state index is -0.829. The van der Waals surface area contributed by atoms with Gasteiger partial charge in [0.25, 0.3) is 0 Å². The van der Waals surface area contributed by atoms with E-state index in [0.29, 0.717) is 0 Å². The second-order valence-electron chi connectivity index (χ2n) is 4.46. The summed E-state index contributed by atoms with van der Waals surface area (Å²) in [7, 11) is 0. The fraction of sp³-hybridized carbons (Fsp3) is 0.286. The molecule has 0 spiro atoms. The molecule has 1 aromatic carbocycles. The number of fused-ring (bicyclic) bond motifs is 1. The summed E-state index contributed by atoms with van der Waals surface area (Å²) in [5.74, 6) is -0.829. The third kappa shape index (κ3) is 2.42. The molecule has 0 atom stereocenters. The third-order valence-corrected chi connectivity index (χ3v) is 2.86. The summed E-state index contributed by atoms with van der Waals surface area (Å²) in [6.07, 6.45) is 1.72. The monoisotopic (exact) mass is 244 g/mol. The number of benzene rings is 1. The number of hydrogen-bond donors (Lipinski definition) is 1. The Morgan fingerprint density at radius 2 is 2.06 bits per heavy atom. The molecule has 94 valence electrons. The molecule has 0 saturated heterocycles. The van der Waals surface area contributed by atoms with Gasteiger partial charge in [0.1, 0.15) is 6.54 Å². The lowest BCUT2D eigenvalue weighted by atomic mass is 10.1. The zero-order valence-electron chi connectivity index (χ0n) is 10.5. The van der Waals surface area contributed by atoms with Crippen molar-refractivity contribution in [1.82, 2.24) is 4.98 Å². The topological polar surface area (TPSA) is 53.4 Å². The first kappa shape index (κ1) is 12.4. The summed E-state index contributed by atoms with van der Waals surface area (Å²) in [4.78, 5) is 17.1. The molecule has 4 nitrogen and oxygen atoms in total. The molecule has 0 radical (unpaired) electrons. The predicted molar refractivity (Wildman–Crippen MR) is 71.9 cm³/mol. The third-order valence-electron chi connectivity index (χ3n) is 2.86. The minimum absolute atomic E-state index is 0.00826. The molecule has 0 aliphatic carbocycles. The molecule has 0 aliphatic heterocycles. The number of rotatable bonds is 4. The lowest BCUT2D eigenvalue weighted by molar-refractivity contribution is -0.135. The molecule has 4 heteroatoms. The van der Waals surface area contributed by atoms with Gasteiger partial charge in [0, 0.05) is 23.3 Å². The smallest absolute Gasteiger partial charge is 0.323 e. The van der Waals surface area contributed by atoms with Crippen molar-refractivity contribution in [2.45, 2.75) is 19.9 Å². The Balaban J connectivity index is 2.53. The number of aromatic nitrogens is 1. The SMILES string of the molecule is CC(C)N(CC(=O)O)c1ccnc2ccccc12. The van der Waals surface area contributed by atoms with Crippen LogP contribution in [0.25, 0.3) is 10.9 Å². The second-order valence-corrected chi connectivity index (χ2v) is 4.46. The number of carboxylic acid groups (broad SMARTS) is 1. The number of carboxylic acids is 1. The van der Waals surface area contributed by atoms with Gasteiger partial charge in [0.2, 0.25) is 0 Å². The molecule has 1 N–H and O–H groups in total. The van der Waals surface area contributed by atoms with Gasteiger partial charge >= 0.3 is 5.97 Å². The van der Waals surface area contributed by atoms with Crippen molar-refractivity contribution in [3.05, 3.63) is 36.5 Å². The molecular weight excluding hydrogens is 228 g/mol. The standard InChI is InChI=1S/C14H16N2O2/c1-10(2)16(9-14(17)18)13-7-8-15-12-6-4-3-5-11(12)13/h3-8,10H,9H2,1-2H3,(H,17,18). The van der Waals surface area contributed by atoms with Crippen molar-refractivity contribution < 1.29 is 9.90 Å². The van der Waals surface area contributed by atoms with Gasteiger partial charge in [-0.3, -0.25) is 9.78 Å². The van der Waals surface area contributed by atoms with E-state index >= 15 is 0 Å². The zero-order valence-corrected chi connectivity index (χ0v) is 10.5. The maximum Gasteiger partial charge on any atom is 0.323 e. The lowest BCUT2D eigenvalue weighted by Gasteiger charge is -2.28. The number of hydrogen-bond acceptors (Lipinski definition) is 3. The maximum atomic E-state index is 11.0. The van der Waals surface area contributed by atoms with Crippen LogP contribution in [0.2, 0.25) is 0 Å². The van der Waals surface area contributed by atoms with Crippen LogP contribution in [0.3, 0.4) is 0 Å². The number of para-hydroxylation sites is 1. The number of pyridine rings is 1. The van der Waals surface area contributed by atoms with Gasteiger partial charge in [-0.05, 0) is 26.0 Å². The van der Waals surface area contributed by atoms with Crippen LogP contribution in [0.5, 0.6) is 0 Å². The van der Waals surface area contributed by atoms with Gasteiger partial charge in [-0.25, -0.2) is 0 Å². The summed E-state index contributed by atoms with van der Waals surface area (Å²) in [5, 5.41) is 9.99. The van der Waals surface area contributed by atoms with E-state index in [1.165, 1.54) is 0 Å². The highest BCUT2D eigenvalue weighted by Gasteiger charge is 2.16. The minimum Gasteiger partial charge on any atom is -0.480 e. The second kappa shape index (κ2) is 5.04. The highest BCUT2D eigenvalue weighted by Crippen LogP contribution is 2.26. The van der Waals surface area contributed by atoms with Crippen molar-refractivity contribution >= 4 is 22.6 Å². The van der Waals surface area contributed by atoms with Gasteiger partial charge in [-0.1, -0.05) is 18.2 Å². The van der Waals surface area contributed by atoms with Crippen molar-refractivity contribution in [3.63, 3.8) is 0 Å². The Hall–Kier alpha value is -2.10. The zero-order chi connectivity index (χ0) is 13.1. The van der Waals surface area contributed by atoms with Gasteiger partial charge in [-0.2, -0.15) is 0 Å². The van der Waals surface area contributed by atoms with E-state index in [1.807, 2.05) is 49.1 Å². The fourth-order valence-corrected chi connectivity index (χ4v) is 2.02. The average molecular weight is 244 g/mol. The molecule has 0 fully saturated rings. The summed E-state index contributed by atoms with van der Waals surface area (Å²) in [6.45, 7) is 3.96. The summed E-state index contributed by atoms with van der Waals surface area (Å²) in [5.41, 5.74) is 1.80. The van der Waals surface area contributed by atoms with Crippen LogP contribution < -0.4 is 4.90 Å². The van der Waals surface area contributed by atoms with Crippen LogP contribution in [0.1, 0.15) is 13.8 Å². The summed E-state index contributed by atoms with van der Waals surface area (Å²) >= 11 is 0. The van der Waals surface area contributed by atoms with Crippen molar-refractivity contribution in [2.75, 3.05) is 11.4 Å². The highest BCUT2D eigenvalue weighted by atomic mass is 16.4. The average Bonchev–Trinajstić information content (AvgIpc) is 2.35. The quantitative estimate of drug-likeness (QED) is 0.898. The Bertz CT molecular complexity index is 561. The highest BCUT2D eigenvalue weighted by molar-refractivity contribution is 5.92. The molecule has 0 aliphatic rings. The first-order valence-corrected chi connectivity index (χ1v) is 5.92. The number of anilines is 1. The summed E-state index contributed by atoms with van der Waals surface area (Å²) < 4.78 is 0. The van der Waals surface area contributed by atoms with Crippen LogP contribution in [-0.4, -0.2) is 28.6 Å². The van der Waals surface area contributed by atoms with Crippen LogP contribution in [0.4, 0.5) is 5.69 Å². The Labute approximate surface area is 106 Å². The molecule has 0 unspecified atom stereocenters. The fourth-order valence-electron chi connectivity index (χ4n) is 2.02. The Morgan fingerprint density at radius 3 is 2.72 bits per heavy atom. The summed E-state index contributed by atoms with van der Waals surface area (Å²) in [6, 6.07) is 9.74. The van der Waals surface area contributed by atoms with E-state index in [1.54, 1.807) is 6.20 Å². The largest absolute Gasteiger partial charge is 0.480 e. The molecule has 1 aromatic heterocycles. The van der Waals surface area contributed by atoms with E-state index in [0.717, 1.165) is 16.6 Å². The van der Waals surface area contributed by atoms with Crippen molar-refractivity contribution in [1.29, 1.82) is 0 Å². The van der Waals surface area contributed by atoms with E-state index < -0.39 is 5.97 Å². The van der Waals surface area contributed by atoms with E-state index in [4.69, 9.17) is 5.11 Å². The van der Waals surface area contributed by atoms with Crippen LogP contribution in [0, 0.1) is 0 Å². The van der Waals surface area contributed by atoms with E-state index in [-0.39, 0.29) is 12.6 Å². The van der Waals surface area contributed by atoms with Gasteiger partial charge in [0.15, 0.2) is 0 Å². The van der Waals surface area contributed by atoms with Crippen molar-refractivity contribution in [3.8, 4) is 0 Å². The molecule has 0 amide bonds. The maximum absolute atomic E-state index is 11.0. The van der Waals surface area contributed by atoms with Crippen LogP contribution in [0.15, 0.2) is 36.5 Å². The first-order chi connectivity index (χ1) is 8.59. The van der Waals surface area contributed by atoms with E-state index in [2.05, 4.69) is 4.98 Å². The molecule has 2 aromatic rings. The van der Waals surface area contributed by atoms with Crippen LogP contribution in [-0.2, 0) is 4.79 Å². The molecule has 0 bridgehead atoms. The van der Waals surface area contributed by atoms with Gasteiger partial charge < -0.3 is 10.0 Å². The Morgan fingerprint density at radius 1 is 1.33 bits per heavy atom. The van der Waals surface area contributed by atoms with Crippen LogP contribution >= 0.6 is 0 Å². The predicted octanol–water partition coefficient (Wildman–Crippen LogP) is 2.53. The molecule has 1 heterocycles. The number of aliphatic carboxylic acids is 1. The van der Waals surface area contributed by atoms with Gasteiger partial charge in [0.05, 0.1) is 5.52 Å². The van der Waals surface area contributed by atoms with E-state index in [9.17, 15) is 4.79 Å². The van der Waals surface area contributed by atoms with Crippen molar-refractivity contribution in [2.24, 2.45) is 0 Å². The Kier molecular flexibility index (Phi) is 3.46. The number of nitrogens with zero attached hydrogens (tertiary/aromatic N) is 2. The molecule has 18 heavy (non-hydrogen) atoms. The molecule has 0 saturated carbocycles.